The van der Waals surface area contributed by atoms with Crippen LogP contribution in [0.5, 0.6) is 0 Å². The van der Waals surface area contributed by atoms with E-state index in [4.69, 9.17) is 4.98 Å². The van der Waals surface area contributed by atoms with E-state index in [-0.39, 0.29) is 11.2 Å². The fourth-order valence-electron chi connectivity index (χ4n) is 3.54. The van der Waals surface area contributed by atoms with Crippen LogP contribution in [0.2, 0.25) is 0 Å². The van der Waals surface area contributed by atoms with Gasteiger partial charge in [0.2, 0.25) is 0 Å². The number of imidazole rings is 1. The molecule has 3 nitrogen and oxygen atoms in total. The second-order valence-corrected chi connectivity index (χ2v) is 6.23. The first-order chi connectivity index (χ1) is 9.73. The maximum absolute atomic E-state index is 13.6. The number of hydrogen-bond acceptors (Lipinski definition) is 2. The predicted octanol–water partition coefficient (Wildman–Crippen LogP) is 3.15. The summed E-state index contributed by atoms with van der Waals surface area (Å²) in [4.78, 5) is 4.90. The Kier molecular flexibility index (Phi) is 2.64. The van der Waals surface area contributed by atoms with Crippen LogP contribution in [0.25, 0.3) is 11.0 Å². The van der Waals surface area contributed by atoms with Gasteiger partial charge in [0.25, 0.3) is 0 Å². The van der Waals surface area contributed by atoms with E-state index < -0.39 is 0 Å². The molecule has 1 saturated carbocycles. The van der Waals surface area contributed by atoms with Crippen LogP contribution in [0.3, 0.4) is 0 Å². The van der Waals surface area contributed by atoms with Gasteiger partial charge < -0.3 is 9.88 Å². The molecule has 2 heterocycles. The third kappa shape index (κ3) is 1.71. The Morgan fingerprint density at radius 1 is 1.45 bits per heavy atom. The Bertz CT molecular complexity index is 651. The Hall–Kier alpha value is -1.42. The summed E-state index contributed by atoms with van der Waals surface area (Å²) in [6, 6.07) is 5.51. The van der Waals surface area contributed by atoms with E-state index in [0.29, 0.717) is 6.04 Å². The van der Waals surface area contributed by atoms with E-state index in [1.165, 1.54) is 24.7 Å². The minimum Gasteiger partial charge on any atom is -0.324 e. The Morgan fingerprint density at radius 2 is 2.30 bits per heavy atom. The molecule has 1 N–H and O–H groups in total. The van der Waals surface area contributed by atoms with Gasteiger partial charge in [-0.05, 0) is 50.4 Å². The van der Waals surface area contributed by atoms with Crippen molar-refractivity contribution in [3.63, 3.8) is 0 Å². The van der Waals surface area contributed by atoms with Crippen LogP contribution in [0, 0.1) is 5.82 Å². The molecule has 2 aliphatic rings. The lowest BCUT2D eigenvalue weighted by Gasteiger charge is -2.27. The first kappa shape index (κ1) is 12.3. The molecule has 106 valence electrons. The van der Waals surface area contributed by atoms with Crippen molar-refractivity contribution in [2.75, 3.05) is 13.1 Å². The van der Waals surface area contributed by atoms with E-state index >= 15 is 0 Å². The van der Waals surface area contributed by atoms with Crippen LogP contribution >= 0.6 is 0 Å². The average molecular weight is 273 g/mol. The zero-order chi connectivity index (χ0) is 13.7. The largest absolute Gasteiger partial charge is 0.324 e. The second-order valence-electron chi connectivity index (χ2n) is 6.23. The molecule has 1 saturated heterocycles. The van der Waals surface area contributed by atoms with Crippen LogP contribution in [0.1, 0.15) is 44.5 Å². The summed E-state index contributed by atoms with van der Waals surface area (Å²) in [5.74, 6) is 1.01. The summed E-state index contributed by atoms with van der Waals surface area (Å²) in [6.45, 7) is 4.28. The Balaban J connectivity index is 1.96. The third-order valence-electron chi connectivity index (χ3n) is 4.96. The summed E-state index contributed by atoms with van der Waals surface area (Å²) in [6.07, 6.45) is 4.60. The Labute approximate surface area is 118 Å². The van der Waals surface area contributed by atoms with Crippen LogP contribution in [-0.2, 0) is 5.41 Å². The number of halogens is 1. The van der Waals surface area contributed by atoms with Crippen LogP contribution in [0.15, 0.2) is 18.2 Å². The van der Waals surface area contributed by atoms with Crippen molar-refractivity contribution in [2.24, 2.45) is 0 Å². The number of aromatic nitrogens is 2. The molecule has 1 aromatic carbocycles. The monoisotopic (exact) mass is 273 g/mol. The molecule has 0 radical (unpaired) electrons. The lowest BCUT2D eigenvalue weighted by atomic mass is 9.83. The summed E-state index contributed by atoms with van der Waals surface area (Å²) >= 11 is 0. The zero-order valence-corrected chi connectivity index (χ0v) is 11.8. The molecule has 1 aliphatic carbocycles. The standard InChI is InChI=1S/C16H20FN3/c1-2-16(7-8-18-10-16)15-19-13-6-3-11(17)9-14(13)20(15)12-4-5-12/h3,6,9,12,18H,2,4-5,7-8,10H2,1H3. The fourth-order valence-corrected chi connectivity index (χ4v) is 3.54. The molecule has 1 unspecified atom stereocenters. The summed E-state index contributed by atoms with van der Waals surface area (Å²) in [7, 11) is 0. The molecule has 4 heteroatoms. The van der Waals surface area contributed by atoms with Gasteiger partial charge >= 0.3 is 0 Å². The second kappa shape index (κ2) is 4.29. The van der Waals surface area contributed by atoms with Crippen molar-refractivity contribution in [3.05, 3.63) is 29.8 Å². The number of rotatable bonds is 3. The van der Waals surface area contributed by atoms with Crippen molar-refractivity contribution < 1.29 is 4.39 Å². The highest BCUT2D eigenvalue weighted by Gasteiger charge is 2.41. The van der Waals surface area contributed by atoms with Crippen LogP contribution in [0.4, 0.5) is 4.39 Å². The first-order valence-corrected chi connectivity index (χ1v) is 7.62. The fraction of sp³-hybridized carbons (Fsp3) is 0.562. The van der Waals surface area contributed by atoms with Crippen molar-refractivity contribution in [3.8, 4) is 0 Å². The molecule has 4 rings (SSSR count). The van der Waals surface area contributed by atoms with Crippen LogP contribution in [-0.4, -0.2) is 22.6 Å². The maximum atomic E-state index is 13.6. The molecule has 0 amide bonds. The van der Waals surface area contributed by atoms with E-state index in [1.54, 1.807) is 6.07 Å². The lowest BCUT2D eigenvalue weighted by molar-refractivity contribution is 0.406. The van der Waals surface area contributed by atoms with Gasteiger partial charge in [-0.25, -0.2) is 9.37 Å². The highest BCUT2D eigenvalue weighted by atomic mass is 19.1. The number of nitrogens with one attached hydrogen (secondary N) is 1. The van der Waals surface area contributed by atoms with E-state index in [1.807, 2.05) is 6.07 Å². The molecular weight excluding hydrogens is 253 g/mol. The quantitative estimate of drug-likeness (QED) is 0.931. The minimum atomic E-state index is -0.166. The van der Waals surface area contributed by atoms with E-state index in [9.17, 15) is 4.39 Å². The Morgan fingerprint density at radius 3 is 2.95 bits per heavy atom. The van der Waals surface area contributed by atoms with Gasteiger partial charge in [0.05, 0.1) is 11.0 Å². The SMILES string of the molecule is CCC1(c2nc3ccc(F)cc3n2C2CC2)CCNC1. The van der Waals surface area contributed by atoms with Crippen molar-refractivity contribution >= 4 is 11.0 Å². The number of fused-ring (bicyclic) bond motifs is 1. The van der Waals surface area contributed by atoms with Crippen molar-refractivity contribution in [2.45, 2.75) is 44.1 Å². The van der Waals surface area contributed by atoms with Gasteiger partial charge in [0.1, 0.15) is 11.6 Å². The van der Waals surface area contributed by atoms with Gasteiger partial charge in [-0.1, -0.05) is 6.92 Å². The average Bonchev–Trinajstić information content (AvgIpc) is 3.04. The summed E-state index contributed by atoms with van der Waals surface area (Å²) in [5.41, 5.74) is 2.04. The smallest absolute Gasteiger partial charge is 0.125 e. The third-order valence-corrected chi connectivity index (χ3v) is 4.96. The van der Waals surface area contributed by atoms with Crippen molar-refractivity contribution in [1.29, 1.82) is 0 Å². The number of hydrogen-bond donors (Lipinski definition) is 1. The summed E-state index contributed by atoms with van der Waals surface area (Å²) in [5, 5.41) is 3.48. The molecule has 0 spiro atoms. The minimum absolute atomic E-state index is 0.123. The van der Waals surface area contributed by atoms with E-state index in [2.05, 4.69) is 16.8 Å². The molecular formula is C16H20FN3. The van der Waals surface area contributed by atoms with Gasteiger partial charge in [-0.2, -0.15) is 0 Å². The summed E-state index contributed by atoms with van der Waals surface area (Å²) < 4.78 is 15.9. The number of benzene rings is 1. The molecule has 1 aliphatic heterocycles. The van der Waals surface area contributed by atoms with Crippen molar-refractivity contribution in [1.82, 2.24) is 14.9 Å². The maximum Gasteiger partial charge on any atom is 0.125 e. The molecule has 1 atom stereocenters. The predicted molar refractivity (Wildman–Crippen MR) is 77.4 cm³/mol. The normalized spacial score (nSPS) is 26.5. The van der Waals surface area contributed by atoms with Crippen LogP contribution < -0.4 is 5.32 Å². The van der Waals surface area contributed by atoms with E-state index in [0.717, 1.165) is 37.0 Å². The molecule has 1 aromatic heterocycles. The van der Waals surface area contributed by atoms with Gasteiger partial charge in [-0.3, -0.25) is 0 Å². The molecule has 20 heavy (non-hydrogen) atoms. The van der Waals surface area contributed by atoms with Gasteiger partial charge in [-0.15, -0.1) is 0 Å². The molecule has 2 fully saturated rings. The first-order valence-electron chi connectivity index (χ1n) is 7.62. The highest BCUT2D eigenvalue weighted by Crippen LogP contribution is 2.44. The zero-order valence-electron chi connectivity index (χ0n) is 11.8. The lowest BCUT2D eigenvalue weighted by Crippen LogP contribution is -2.31. The topological polar surface area (TPSA) is 29.9 Å². The van der Waals surface area contributed by atoms with Gasteiger partial charge in [0, 0.05) is 18.0 Å². The highest BCUT2D eigenvalue weighted by molar-refractivity contribution is 5.76. The molecule has 0 bridgehead atoms. The number of nitrogens with zero attached hydrogens (tertiary/aromatic N) is 2. The molecule has 2 aromatic rings. The van der Waals surface area contributed by atoms with Gasteiger partial charge in [0.15, 0.2) is 0 Å².